The molecule has 0 saturated carbocycles. The third kappa shape index (κ3) is 7.33. The van der Waals surface area contributed by atoms with Gasteiger partial charge in [0.1, 0.15) is 17.5 Å². The summed E-state index contributed by atoms with van der Waals surface area (Å²) in [7, 11) is 1.57. The van der Waals surface area contributed by atoms with Gasteiger partial charge < -0.3 is 19.7 Å². The Hall–Kier alpha value is -2.44. The number of amides is 2. The van der Waals surface area contributed by atoms with E-state index < -0.39 is 6.04 Å². The normalized spacial score (nSPS) is 12.6. The van der Waals surface area contributed by atoms with Gasteiger partial charge in [0, 0.05) is 22.6 Å². The van der Waals surface area contributed by atoms with Gasteiger partial charge in [-0.05, 0) is 62.2 Å². The predicted molar refractivity (Wildman–Crippen MR) is 123 cm³/mol. The first-order chi connectivity index (χ1) is 14.7. The smallest absolute Gasteiger partial charge is 0.261 e. The molecule has 0 aromatic heterocycles. The Kier molecular flexibility index (Phi) is 9.46. The van der Waals surface area contributed by atoms with Crippen molar-refractivity contribution < 1.29 is 19.1 Å². The van der Waals surface area contributed by atoms with E-state index in [9.17, 15) is 9.59 Å². The van der Waals surface area contributed by atoms with Crippen LogP contribution in [0, 0.1) is 0 Å². The summed E-state index contributed by atoms with van der Waals surface area (Å²) in [4.78, 5) is 27.2. The highest BCUT2D eigenvalue weighted by Gasteiger charge is 2.27. The summed E-state index contributed by atoms with van der Waals surface area (Å²) < 4.78 is 10.8. The molecule has 168 valence electrons. The van der Waals surface area contributed by atoms with E-state index in [4.69, 9.17) is 32.7 Å². The van der Waals surface area contributed by atoms with Gasteiger partial charge in [-0.2, -0.15) is 0 Å². The zero-order valence-corrected chi connectivity index (χ0v) is 19.7. The Morgan fingerprint density at radius 2 is 1.71 bits per heavy atom. The van der Waals surface area contributed by atoms with Crippen molar-refractivity contribution in [3.05, 3.63) is 58.1 Å². The summed E-state index contributed by atoms with van der Waals surface area (Å²) in [5.74, 6) is 0.634. The maximum absolute atomic E-state index is 13.1. The summed E-state index contributed by atoms with van der Waals surface area (Å²) in [6.45, 7) is 5.51. The zero-order chi connectivity index (χ0) is 23.0. The van der Waals surface area contributed by atoms with Crippen molar-refractivity contribution in [1.29, 1.82) is 0 Å². The Morgan fingerprint density at radius 3 is 2.29 bits per heavy atom. The minimum atomic E-state index is -0.715. The molecule has 2 amide bonds. The molecule has 31 heavy (non-hydrogen) atoms. The van der Waals surface area contributed by atoms with E-state index in [0.717, 1.165) is 6.42 Å². The van der Waals surface area contributed by atoms with Gasteiger partial charge in [-0.3, -0.25) is 9.59 Å². The average molecular weight is 467 g/mol. The molecule has 0 radical (unpaired) electrons. The fraction of sp³-hybridized carbons (Fsp3) is 0.391. The number of benzene rings is 2. The third-order valence-corrected chi connectivity index (χ3v) is 5.53. The molecule has 0 fully saturated rings. The molecule has 2 atom stereocenters. The van der Waals surface area contributed by atoms with Gasteiger partial charge in [0.2, 0.25) is 5.91 Å². The second-order valence-electron chi connectivity index (χ2n) is 7.22. The molecule has 0 spiro atoms. The van der Waals surface area contributed by atoms with Gasteiger partial charge in [-0.15, -0.1) is 0 Å². The average Bonchev–Trinajstić information content (AvgIpc) is 2.76. The van der Waals surface area contributed by atoms with E-state index in [1.165, 1.54) is 4.90 Å². The first kappa shape index (κ1) is 24.8. The molecule has 0 bridgehead atoms. The number of carbonyl (C=O) groups excluding carboxylic acids is 2. The fourth-order valence-electron chi connectivity index (χ4n) is 2.78. The van der Waals surface area contributed by atoms with Crippen LogP contribution in [0.2, 0.25) is 10.0 Å². The lowest BCUT2D eigenvalue weighted by Gasteiger charge is -2.30. The summed E-state index contributed by atoms with van der Waals surface area (Å²) >= 11 is 12.3. The third-order valence-electron chi connectivity index (χ3n) is 4.95. The molecule has 2 rings (SSSR count). The van der Waals surface area contributed by atoms with Crippen LogP contribution in [0.1, 0.15) is 32.8 Å². The van der Waals surface area contributed by atoms with Crippen molar-refractivity contribution in [2.45, 2.75) is 45.8 Å². The van der Waals surface area contributed by atoms with Crippen LogP contribution in [0.5, 0.6) is 11.5 Å². The highest BCUT2D eigenvalue weighted by atomic mass is 35.5. The minimum absolute atomic E-state index is 0.00145. The zero-order valence-electron chi connectivity index (χ0n) is 18.2. The molecule has 0 saturated heterocycles. The molecular formula is C23H28Cl2N2O4. The van der Waals surface area contributed by atoms with E-state index in [2.05, 4.69) is 5.32 Å². The number of ether oxygens (including phenoxy) is 2. The van der Waals surface area contributed by atoms with Gasteiger partial charge in [-0.25, -0.2) is 0 Å². The second-order valence-corrected chi connectivity index (χ2v) is 8.06. The van der Waals surface area contributed by atoms with Crippen molar-refractivity contribution in [1.82, 2.24) is 10.2 Å². The largest absolute Gasteiger partial charge is 0.497 e. The van der Waals surface area contributed by atoms with Crippen LogP contribution in [-0.2, 0) is 16.1 Å². The molecule has 1 N–H and O–H groups in total. The highest BCUT2D eigenvalue weighted by Crippen LogP contribution is 2.23. The molecule has 6 nitrogen and oxygen atoms in total. The fourth-order valence-corrected chi connectivity index (χ4v) is 3.25. The molecule has 0 aliphatic carbocycles. The number of nitrogens with zero attached hydrogens (tertiary/aromatic N) is 1. The van der Waals surface area contributed by atoms with Crippen LogP contribution in [0.25, 0.3) is 0 Å². The van der Waals surface area contributed by atoms with Crippen LogP contribution in [0.15, 0.2) is 42.5 Å². The van der Waals surface area contributed by atoms with E-state index in [1.54, 1.807) is 56.5 Å². The molecule has 8 heteroatoms. The molecule has 0 heterocycles. The first-order valence-electron chi connectivity index (χ1n) is 10.1. The lowest BCUT2D eigenvalue weighted by atomic mass is 10.1. The maximum atomic E-state index is 13.1. The number of hydrogen-bond acceptors (Lipinski definition) is 4. The molecule has 2 aromatic rings. The van der Waals surface area contributed by atoms with Gasteiger partial charge in [-0.1, -0.05) is 36.2 Å². The molecule has 2 aromatic carbocycles. The van der Waals surface area contributed by atoms with E-state index in [0.29, 0.717) is 27.1 Å². The lowest BCUT2D eigenvalue weighted by Crippen LogP contribution is -2.50. The number of methoxy groups -OCH3 is 1. The highest BCUT2D eigenvalue weighted by molar-refractivity contribution is 6.35. The summed E-state index contributed by atoms with van der Waals surface area (Å²) in [6, 6.07) is 11.3. The van der Waals surface area contributed by atoms with Crippen LogP contribution in [0.3, 0.4) is 0 Å². The summed E-state index contributed by atoms with van der Waals surface area (Å²) in [5.41, 5.74) is 0.687. The van der Waals surface area contributed by atoms with Crippen molar-refractivity contribution >= 4 is 35.0 Å². The van der Waals surface area contributed by atoms with E-state index in [-0.39, 0.29) is 31.0 Å². The number of nitrogens with one attached hydrogen (secondary N) is 1. The first-order valence-corrected chi connectivity index (χ1v) is 10.8. The SMILES string of the molecule is CC[C@H](C)NC(=O)[C@H](C)N(Cc1ccc(Cl)cc1Cl)C(=O)COc1ccc(OC)cc1. The van der Waals surface area contributed by atoms with Gasteiger partial charge in [0.05, 0.1) is 7.11 Å². The van der Waals surface area contributed by atoms with E-state index >= 15 is 0 Å². The summed E-state index contributed by atoms with van der Waals surface area (Å²) in [6.07, 6.45) is 0.788. The van der Waals surface area contributed by atoms with Crippen LogP contribution in [0.4, 0.5) is 0 Å². The standard InChI is InChI=1S/C23H28Cl2N2O4/c1-5-15(2)26-23(29)16(3)27(13-17-6-7-18(24)12-21(17)25)22(28)14-31-20-10-8-19(30-4)9-11-20/h6-12,15-16H,5,13-14H2,1-4H3,(H,26,29)/t15-,16-/m0/s1. The topological polar surface area (TPSA) is 67.9 Å². The summed E-state index contributed by atoms with van der Waals surface area (Å²) in [5, 5.41) is 3.84. The Morgan fingerprint density at radius 1 is 1.06 bits per heavy atom. The number of rotatable bonds is 10. The minimum Gasteiger partial charge on any atom is -0.497 e. The molecule has 0 aliphatic rings. The van der Waals surface area contributed by atoms with Gasteiger partial charge in [0.15, 0.2) is 6.61 Å². The van der Waals surface area contributed by atoms with E-state index in [1.807, 2.05) is 13.8 Å². The van der Waals surface area contributed by atoms with Gasteiger partial charge >= 0.3 is 0 Å². The molecule has 0 unspecified atom stereocenters. The van der Waals surface area contributed by atoms with Crippen LogP contribution >= 0.6 is 23.2 Å². The Labute approximate surface area is 193 Å². The quantitative estimate of drug-likeness (QED) is 0.550. The lowest BCUT2D eigenvalue weighted by molar-refractivity contribution is -0.142. The van der Waals surface area contributed by atoms with Crippen molar-refractivity contribution in [3.8, 4) is 11.5 Å². The number of hydrogen-bond donors (Lipinski definition) is 1. The number of halogens is 2. The van der Waals surface area contributed by atoms with Crippen molar-refractivity contribution in [3.63, 3.8) is 0 Å². The Bertz CT molecular complexity index is 890. The molecular weight excluding hydrogens is 439 g/mol. The van der Waals surface area contributed by atoms with Crippen molar-refractivity contribution in [2.24, 2.45) is 0 Å². The molecule has 0 aliphatic heterocycles. The van der Waals surface area contributed by atoms with Crippen LogP contribution in [-0.4, -0.2) is 42.5 Å². The van der Waals surface area contributed by atoms with Gasteiger partial charge in [0.25, 0.3) is 5.91 Å². The second kappa shape index (κ2) is 11.8. The predicted octanol–water partition coefficient (Wildman–Crippen LogP) is 4.71. The Balaban J connectivity index is 2.17. The van der Waals surface area contributed by atoms with Crippen LogP contribution < -0.4 is 14.8 Å². The van der Waals surface area contributed by atoms with Crippen molar-refractivity contribution in [2.75, 3.05) is 13.7 Å². The number of carbonyl (C=O) groups is 2. The monoisotopic (exact) mass is 466 g/mol. The maximum Gasteiger partial charge on any atom is 0.261 e.